The fourth-order valence-corrected chi connectivity index (χ4v) is 0.769. The summed E-state index contributed by atoms with van der Waals surface area (Å²) < 4.78 is 0.678. The molecule has 0 aliphatic rings. The molecule has 0 aromatic rings. The molecule has 0 atom stereocenters. The Balaban J connectivity index is 3.55. The zero-order valence-corrected chi connectivity index (χ0v) is 6.67. The van der Waals surface area contributed by atoms with Crippen molar-refractivity contribution in [1.29, 1.82) is 5.26 Å². The minimum atomic E-state index is 0.215. The molecule has 0 rings (SSSR count). The predicted octanol–water partition coefficient (Wildman–Crippen LogP) is -0.0312. The van der Waals surface area contributed by atoms with Gasteiger partial charge in [-0.15, -0.1) is 0 Å². The van der Waals surface area contributed by atoms with Crippen molar-refractivity contribution in [3.8, 4) is 6.07 Å². The molecule has 10 heavy (non-hydrogen) atoms. The molecular weight excluding hydrogens is 128 g/mol. The van der Waals surface area contributed by atoms with Crippen molar-refractivity contribution in [3.63, 3.8) is 0 Å². The van der Waals surface area contributed by atoms with Crippen LogP contribution in [0.15, 0.2) is 0 Å². The van der Waals surface area contributed by atoms with E-state index >= 15 is 0 Å². The molecule has 0 unspecified atom stereocenters. The average molecular weight is 143 g/mol. The van der Waals surface area contributed by atoms with Gasteiger partial charge in [-0.25, -0.2) is 0 Å². The van der Waals surface area contributed by atoms with E-state index in [-0.39, 0.29) is 6.61 Å². The monoisotopic (exact) mass is 143 g/mol. The van der Waals surface area contributed by atoms with Gasteiger partial charge in [-0.3, -0.25) is 0 Å². The number of hydrogen-bond donors (Lipinski definition) is 1. The number of quaternary nitrogens is 1. The van der Waals surface area contributed by atoms with E-state index in [1.165, 1.54) is 0 Å². The Labute approximate surface area is 62.1 Å². The molecule has 1 N–H and O–H groups in total. The number of rotatable bonds is 4. The van der Waals surface area contributed by atoms with Crippen LogP contribution in [0.25, 0.3) is 0 Å². The van der Waals surface area contributed by atoms with E-state index in [1.807, 2.05) is 14.1 Å². The van der Waals surface area contributed by atoms with Gasteiger partial charge in [0.1, 0.15) is 6.07 Å². The molecule has 0 saturated carbocycles. The van der Waals surface area contributed by atoms with Gasteiger partial charge >= 0.3 is 0 Å². The minimum absolute atomic E-state index is 0.215. The lowest BCUT2D eigenvalue weighted by Crippen LogP contribution is -2.40. The summed E-state index contributed by atoms with van der Waals surface area (Å²) in [5.41, 5.74) is 0. The van der Waals surface area contributed by atoms with Crippen LogP contribution in [0.5, 0.6) is 0 Å². The smallest absolute Gasteiger partial charge is 0.166 e. The van der Waals surface area contributed by atoms with Gasteiger partial charge in [0.25, 0.3) is 0 Å². The summed E-state index contributed by atoms with van der Waals surface area (Å²) in [5, 5.41) is 16.9. The SMILES string of the molecule is C[N+](C)(CC#N)CCCO. The maximum atomic E-state index is 8.50. The Hall–Kier alpha value is -0.590. The summed E-state index contributed by atoms with van der Waals surface area (Å²) in [4.78, 5) is 0. The van der Waals surface area contributed by atoms with E-state index in [1.54, 1.807) is 0 Å². The van der Waals surface area contributed by atoms with Crippen molar-refractivity contribution in [2.24, 2.45) is 0 Å². The molecule has 3 nitrogen and oxygen atoms in total. The van der Waals surface area contributed by atoms with E-state index in [2.05, 4.69) is 6.07 Å². The van der Waals surface area contributed by atoms with Gasteiger partial charge in [0.15, 0.2) is 6.54 Å². The van der Waals surface area contributed by atoms with Crippen LogP contribution in [0, 0.1) is 11.3 Å². The van der Waals surface area contributed by atoms with Crippen LogP contribution >= 0.6 is 0 Å². The first-order valence-electron chi connectivity index (χ1n) is 3.42. The molecule has 0 amide bonds. The second-order valence-electron chi connectivity index (χ2n) is 3.05. The van der Waals surface area contributed by atoms with Crippen LogP contribution in [-0.2, 0) is 0 Å². The van der Waals surface area contributed by atoms with Crippen molar-refractivity contribution in [1.82, 2.24) is 0 Å². The quantitative estimate of drug-likeness (QED) is 0.443. The van der Waals surface area contributed by atoms with Gasteiger partial charge < -0.3 is 9.59 Å². The molecule has 0 aliphatic carbocycles. The lowest BCUT2D eigenvalue weighted by atomic mass is 10.3. The normalized spacial score (nSPS) is 11.0. The Kier molecular flexibility index (Phi) is 4.01. The van der Waals surface area contributed by atoms with E-state index in [0.29, 0.717) is 11.0 Å². The first-order valence-corrected chi connectivity index (χ1v) is 3.42. The number of nitriles is 1. The molecule has 0 aliphatic heterocycles. The maximum Gasteiger partial charge on any atom is 0.166 e. The topological polar surface area (TPSA) is 44.0 Å². The van der Waals surface area contributed by atoms with Gasteiger partial charge in [-0.05, 0) is 0 Å². The molecule has 0 bridgehead atoms. The highest BCUT2D eigenvalue weighted by Crippen LogP contribution is 1.96. The van der Waals surface area contributed by atoms with Crippen LogP contribution in [0.1, 0.15) is 6.42 Å². The molecule has 0 saturated heterocycles. The number of nitrogens with zero attached hydrogens (tertiary/aromatic N) is 2. The molecule has 0 aromatic carbocycles. The molecule has 58 valence electrons. The van der Waals surface area contributed by atoms with Crippen LogP contribution in [0.3, 0.4) is 0 Å². The first kappa shape index (κ1) is 9.41. The summed E-state index contributed by atoms with van der Waals surface area (Å²) in [6.07, 6.45) is 0.772. The summed E-state index contributed by atoms with van der Waals surface area (Å²) in [6, 6.07) is 2.11. The van der Waals surface area contributed by atoms with Crippen molar-refractivity contribution in [2.45, 2.75) is 6.42 Å². The van der Waals surface area contributed by atoms with Crippen LogP contribution < -0.4 is 0 Å². The second kappa shape index (κ2) is 4.26. The Bertz CT molecular complexity index is 126. The van der Waals surface area contributed by atoms with Crippen molar-refractivity contribution < 1.29 is 9.59 Å². The van der Waals surface area contributed by atoms with Gasteiger partial charge in [-0.1, -0.05) is 0 Å². The van der Waals surface area contributed by atoms with Gasteiger partial charge in [-0.2, -0.15) is 5.26 Å². The zero-order chi connectivity index (χ0) is 8.04. The predicted molar refractivity (Wildman–Crippen MR) is 39.2 cm³/mol. The zero-order valence-electron chi connectivity index (χ0n) is 6.67. The minimum Gasteiger partial charge on any atom is -0.396 e. The largest absolute Gasteiger partial charge is 0.396 e. The molecule has 3 heteroatoms. The third kappa shape index (κ3) is 4.30. The van der Waals surface area contributed by atoms with Gasteiger partial charge in [0.05, 0.1) is 20.6 Å². The van der Waals surface area contributed by atoms with Crippen LogP contribution in [0.2, 0.25) is 0 Å². The van der Waals surface area contributed by atoms with Gasteiger partial charge in [0, 0.05) is 13.0 Å². The molecule has 0 spiro atoms. The highest BCUT2D eigenvalue weighted by molar-refractivity contribution is 4.66. The first-order chi connectivity index (χ1) is 4.62. The highest BCUT2D eigenvalue weighted by Gasteiger charge is 2.12. The molecule has 0 fully saturated rings. The summed E-state index contributed by atoms with van der Waals surface area (Å²) >= 11 is 0. The molecule has 0 aromatic heterocycles. The van der Waals surface area contributed by atoms with Gasteiger partial charge in [0.2, 0.25) is 0 Å². The van der Waals surface area contributed by atoms with E-state index in [9.17, 15) is 0 Å². The Morgan fingerprint density at radius 3 is 2.50 bits per heavy atom. The molecular formula is C7H15N2O+. The van der Waals surface area contributed by atoms with E-state index in [4.69, 9.17) is 10.4 Å². The molecule has 0 radical (unpaired) electrons. The van der Waals surface area contributed by atoms with Crippen molar-refractivity contribution in [2.75, 3.05) is 33.8 Å². The Morgan fingerprint density at radius 1 is 1.50 bits per heavy atom. The fourth-order valence-electron chi connectivity index (χ4n) is 0.769. The number of aliphatic hydroxyl groups excluding tert-OH is 1. The van der Waals surface area contributed by atoms with E-state index < -0.39 is 0 Å². The van der Waals surface area contributed by atoms with E-state index in [0.717, 1.165) is 13.0 Å². The maximum absolute atomic E-state index is 8.50. The summed E-state index contributed by atoms with van der Waals surface area (Å²) in [6.45, 7) is 1.59. The third-order valence-corrected chi connectivity index (χ3v) is 1.42. The lowest BCUT2D eigenvalue weighted by molar-refractivity contribution is -0.883. The second-order valence-corrected chi connectivity index (χ2v) is 3.05. The standard InChI is InChI=1S/C7H15N2O/c1-9(2,6-4-8)5-3-7-10/h10H,3,5-7H2,1-2H3/q+1. The number of aliphatic hydroxyl groups is 1. The fraction of sp³-hybridized carbons (Fsp3) is 0.857. The van der Waals surface area contributed by atoms with Crippen LogP contribution in [0.4, 0.5) is 0 Å². The summed E-state index contributed by atoms with van der Waals surface area (Å²) in [5.74, 6) is 0. The number of hydrogen-bond acceptors (Lipinski definition) is 2. The Morgan fingerprint density at radius 2 is 2.10 bits per heavy atom. The third-order valence-electron chi connectivity index (χ3n) is 1.42. The average Bonchev–Trinajstić information content (AvgIpc) is 1.84. The lowest BCUT2D eigenvalue weighted by Gasteiger charge is -2.25. The van der Waals surface area contributed by atoms with Crippen molar-refractivity contribution in [3.05, 3.63) is 0 Å². The summed E-state index contributed by atoms with van der Waals surface area (Å²) in [7, 11) is 3.97. The van der Waals surface area contributed by atoms with Crippen LogP contribution in [-0.4, -0.2) is 43.4 Å². The molecule has 0 heterocycles. The highest BCUT2D eigenvalue weighted by atomic mass is 16.3. The van der Waals surface area contributed by atoms with Crippen molar-refractivity contribution >= 4 is 0 Å².